The normalized spacial score (nSPS) is 11.7. The lowest BCUT2D eigenvalue weighted by Crippen LogP contribution is -2.46. The van der Waals surface area contributed by atoms with E-state index in [4.69, 9.17) is 11.6 Å². The van der Waals surface area contributed by atoms with Gasteiger partial charge in [0.25, 0.3) is 5.91 Å². The zero-order chi connectivity index (χ0) is 20.1. The first-order valence-corrected chi connectivity index (χ1v) is 8.69. The van der Waals surface area contributed by atoms with Crippen molar-refractivity contribution in [1.29, 1.82) is 0 Å². The van der Waals surface area contributed by atoms with Crippen LogP contribution < -0.4 is 5.32 Å². The van der Waals surface area contributed by atoms with Gasteiger partial charge in [0.05, 0.1) is 23.1 Å². The zero-order valence-corrected chi connectivity index (χ0v) is 16.0. The molecule has 2 amide bonds. The summed E-state index contributed by atoms with van der Waals surface area (Å²) in [6.45, 7) is 4.71. The van der Waals surface area contributed by atoms with Crippen molar-refractivity contribution < 1.29 is 19.5 Å². The summed E-state index contributed by atoms with van der Waals surface area (Å²) in [6, 6.07) is 5.96. The van der Waals surface area contributed by atoms with Gasteiger partial charge in [-0.2, -0.15) is 5.10 Å². The molecule has 0 saturated heterocycles. The summed E-state index contributed by atoms with van der Waals surface area (Å²) >= 11 is 6.01. The topological polar surface area (TPSA) is 105 Å². The molecule has 0 saturated carbocycles. The number of halogens is 1. The molecule has 1 unspecified atom stereocenters. The van der Waals surface area contributed by atoms with E-state index in [0.29, 0.717) is 16.4 Å². The molecule has 8 nitrogen and oxygen atoms in total. The van der Waals surface area contributed by atoms with Crippen LogP contribution >= 0.6 is 11.6 Å². The Hall–Kier alpha value is -2.87. The molecular weight excluding hydrogens is 372 g/mol. The van der Waals surface area contributed by atoms with Crippen molar-refractivity contribution >= 4 is 29.4 Å². The van der Waals surface area contributed by atoms with Crippen molar-refractivity contribution in [1.82, 2.24) is 20.0 Å². The van der Waals surface area contributed by atoms with Gasteiger partial charge in [0.1, 0.15) is 6.04 Å². The van der Waals surface area contributed by atoms with Gasteiger partial charge in [0.15, 0.2) is 0 Å². The lowest BCUT2D eigenvalue weighted by atomic mass is 10.2. The molecule has 1 aromatic heterocycles. The smallest absolute Gasteiger partial charge is 0.326 e. The molecule has 0 fully saturated rings. The Morgan fingerprint density at radius 1 is 1.37 bits per heavy atom. The van der Waals surface area contributed by atoms with Gasteiger partial charge in [-0.15, -0.1) is 0 Å². The molecule has 0 aliphatic carbocycles. The average molecular weight is 393 g/mol. The standard InChI is InChI=1S/C18H21ClN4O4/c1-11-16(10-21-23(11)15-6-4-5-14(19)9-15)17(25)22(12(2)18(26)27)8-7-20-13(3)24/h4-6,9-10,12H,7-8H2,1-3H3,(H,20,24)(H,26,27). The molecule has 0 bridgehead atoms. The number of nitrogens with one attached hydrogen (secondary N) is 1. The van der Waals surface area contributed by atoms with Crippen molar-refractivity contribution in [2.75, 3.05) is 13.1 Å². The second-order valence-electron chi connectivity index (χ2n) is 6.03. The number of amides is 2. The molecular formula is C18H21ClN4O4. The molecule has 0 aliphatic heterocycles. The molecule has 2 N–H and O–H groups in total. The van der Waals surface area contributed by atoms with Crippen LogP contribution in [0, 0.1) is 6.92 Å². The second-order valence-corrected chi connectivity index (χ2v) is 6.47. The maximum atomic E-state index is 13.0. The summed E-state index contributed by atoms with van der Waals surface area (Å²) in [7, 11) is 0. The third-order valence-electron chi connectivity index (χ3n) is 4.11. The van der Waals surface area contributed by atoms with E-state index < -0.39 is 17.9 Å². The first kappa shape index (κ1) is 20.4. The predicted molar refractivity (Wildman–Crippen MR) is 100 cm³/mol. The van der Waals surface area contributed by atoms with E-state index in [9.17, 15) is 19.5 Å². The summed E-state index contributed by atoms with van der Waals surface area (Å²) < 4.78 is 1.57. The number of carboxylic acids is 1. The number of carbonyl (C=O) groups excluding carboxylic acids is 2. The maximum absolute atomic E-state index is 13.0. The predicted octanol–water partition coefficient (Wildman–Crippen LogP) is 1.89. The number of carboxylic acid groups (broad SMARTS) is 1. The third kappa shape index (κ3) is 4.85. The molecule has 0 spiro atoms. The average Bonchev–Trinajstić information content (AvgIpc) is 2.99. The minimum absolute atomic E-state index is 0.0632. The number of rotatable bonds is 7. The fourth-order valence-electron chi connectivity index (χ4n) is 2.60. The molecule has 0 radical (unpaired) electrons. The lowest BCUT2D eigenvalue weighted by Gasteiger charge is -2.26. The van der Waals surface area contributed by atoms with Crippen LogP contribution in [0.2, 0.25) is 5.02 Å². The van der Waals surface area contributed by atoms with E-state index in [2.05, 4.69) is 10.4 Å². The quantitative estimate of drug-likeness (QED) is 0.748. The molecule has 27 heavy (non-hydrogen) atoms. The van der Waals surface area contributed by atoms with E-state index in [1.165, 1.54) is 24.9 Å². The van der Waals surface area contributed by atoms with Crippen LogP contribution in [-0.4, -0.2) is 56.7 Å². The number of aliphatic carboxylic acids is 1. The number of benzene rings is 1. The molecule has 1 heterocycles. The number of hydrogen-bond donors (Lipinski definition) is 2. The van der Waals surface area contributed by atoms with E-state index in [0.717, 1.165) is 0 Å². The van der Waals surface area contributed by atoms with Crippen molar-refractivity contribution in [3.63, 3.8) is 0 Å². The number of nitrogens with zero attached hydrogens (tertiary/aromatic N) is 3. The van der Waals surface area contributed by atoms with Gasteiger partial charge in [0, 0.05) is 25.0 Å². The van der Waals surface area contributed by atoms with E-state index >= 15 is 0 Å². The molecule has 2 rings (SSSR count). The van der Waals surface area contributed by atoms with Crippen LogP contribution in [0.1, 0.15) is 29.9 Å². The van der Waals surface area contributed by atoms with Gasteiger partial charge in [0.2, 0.25) is 5.91 Å². The highest BCUT2D eigenvalue weighted by atomic mass is 35.5. The lowest BCUT2D eigenvalue weighted by molar-refractivity contribution is -0.141. The van der Waals surface area contributed by atoms with Gasteiger partial charge in [-0.1, -0.05) is 17.7 Å². The van der Waals surface area contributed by atoms with Crippen molar-refractivity contribution in [2.45, 2.75) is 26.8 Å². The molecule has 1 atom stereocenters. The van der Waals surface area contributed by atoms with Crippen LogP contribution in [0.15, 0.2) is 30.5 Å². The monoisotopic (exact) mass is 392 g/mol. The van der Waals surface area contributed by atoms with Crippen LogP contribution in [0.5, 0.6) is 0 Å². The Morgan fingerprint density at radius 2 is 2.07 bits per heavy atom. The molecule has 0 aliphatic rings. The highest BCUT2D eigenvalue weighted by Crippen LogP contribution is 2.19. The van der Waals surface area contributed by atoms with E-state index in [1.54, 1.807) is 35.9 Å². The van der Waals surface area contributed by atoms with Gasteiger partial charge >= 0.3 is 5.97 Å². The number of aromatic nitrogens is 2. The fraction of sp³-hybridized carbons (Fsp3) is 0.333. The maximum Gasteiger partial charge on any atom is 0.326 e. The van der Waals surface area contributed by atoms with Crippen LogP contribution in [0.25, 0.3) is 5.69 Å². The van der Waals surface area contributed by atoms with Gasteiger partial charge in [-0.3, -0.25) is 9.59 Å². The molecule has 2 aromatic rings. The Labute approximate surface area is 161 Å². The number of carbonyl (C=O) groups is 3. The third-order valence-corrected chi connectivity index (χ3v) is 4.34. The minimum atomic E-state index is -1.13. The van der Waals surface area contributed by atoms with Crippen LogP contribution in [0.4, 0.5) is 0 Å². The SMILES string of the molecule is CC(=O)NCCN(C(=O)c1cnn(-c2cccc(Cl)c2)c1C)C(C)C(=O)O. The number of hydrogen-bond acceptors (Lipinski definition) is 4. The largest absolute Gasteiger partial charge is 0.480 e. The second kappa shape index (κ2) is 8.68. The first-order chi connectivity index (χ1) is 12.7. The summed E-state index contributed by atoms with van der Waals surface area (Å²) in [5.74, 6) is -1.86. The van der Waals surface area contributed by atoms with Gasteiger partial charge < -0.3 is 15.3 Å². The highest BCUT2D eigenvalue weighted by molar-refractivity contribution is 6.30. The van der Waals surface area contributed by atoms with Crippen molar-refractivity contribution in [3.05, 3.63) is 46.7 Å². The Kier molecular flexibility index (Phi) is 6.57. The summed E-state index contributed by atoms with van der Waals surface area (Å²) in [5.41, 5.74) is 1.53. The van der Waals surface area contributed by atoms with E-state index in [-0.39, 0.29) is 24.6 Å². The Bertz CT molecular complexity index is 865. The van der Waals surface area contributed by atoms with E-state index in [1.807, 2.05) is 0 Å². The summed E-state index contributed by atoms with van der Waals surface area (Å²) in [5, 5.41) is 16.7. The molecule has 1 aromatic carbocycles. The minimum Gasteiger partial charge on any atom is -0.480 e. The Morgan fingerprint density at radius 3 is 2.67 bits per heavy atom. The van der Waals surface area contributed by atoms with Crippen LogP contribution in [0.3, 0.4) is 0 Å². The van der Waals surface area contributed by atoms with Crippen LogP contribution in [-0.2, 0) is 9.59 Å². The molecule has 144 valence electrons. The van der Waals surface area contributed by atoms with Gasteiger partial charge in [-0.05, 0) is 32.0 Å². The van der Waals surface area contributed by atoms with Crippen molar-refractivity contribution in [2.24, 2.45) is 0 Å². The summed E-state index contributed by atoms with van der Waals surface area (Å²) in [6.07, 6.45) is 1.40. The summed E-state index contributed by atoms with van der Waals surface area (Å²) in [4.78, 5) is 36.6. The highest BCUT2D eigenvalue weighted by Gasteiger charge is 2.28. The first-order valence-electron chi connectivity index (χ1n) is 8.31. The Balaban J connectivity index is 2.31. The molecule has 9 heteroatoms. The zero-order valence-electron chi connectivity index (χ0n) is 15.3. The fourth-order valence-corrected chi connectivity index (χ4v) is 2.78. The van der Waals surface area contributed by atoms with Gasteiger partial charge in [-0.25, -0.2) is 9.48 Å². The van der Waals surface area contributed by atoms with Crippen molar-refractivity contribution in [3.8, 4) is 5.69 Å².